The maximum atomic E-state index is 6.26. The molecule has 1 fully saturated rings. The van der Waals surface area contributed by atoms with Gasteiger partial charge in [-0.25, -0.2) is 0 Å². The van der Waals surface area contributed by atoms with Crippen LogP contribution in [0.3, 0.4) is 0 Å². The molecule has 0 atom stereocenters. The fourth-order valence-corrected chi connectivity index (χ4v) is 2.28. The Morgan fingerprint density at radius 3 is 2.22 bits per heavy atom. The zero-order valence-electron chi connectivity index (χ0n) is 10.7. The SMILES string of the molecule is Br.Br.COCC1(N)CCN(c2ccccc2)CC1. The molecule has 1 aliphatic heterocycles. The summed E-state index contributed by atoms with van der Waals surface area (Å²) in [6.45, 7) is 2.70. The number of anilines is 1. The molecule has 1 saturated heterocycles. The number of halogens is 2. The molecule has 3 nitrogen and oxygen atoms in total. The monoisotopic (exact) mass is 380 g/mol. The van der Waals surface area contributed by atoms with E-state index in [4.69, 9.17) is 10.5 Å². The number of benzene rings is 1. The fourth-order valence-electron chi connectivity index (χ4n) is 2.28. The van der Waals surface area contributed by atoms with E-state index in [0.29, 0.717) is 6.61 Å². The maximum Gasteiger partial charge on any atom is 0.0643 e. The number of nitrogens with two attached hydrogens (primary N) is 1. The van der Waals surface area contributed by atoms with Crippen molar-refractivity contribution in [2.45, 2.75) is 18.4 Å². The van der Waals surface area contributed by atoms with E-state index < -0.39 is 0 Å². The predicted octanol–water partition coefficient (Wildman–Crippen LogP) is 2.79. The van der Waals surface area contributed by atoms with Gasteiger partial charge in [0.25, 0.3) is 0 Å². The van der Waals surface area contributed by atoms with Crippen LogP contribution in [0, 0.1) is 0 Å². The van der Waals surface area contributed by atoms with E-state index in [1.165, 1.54) is 5.69 Å². The summed E-state index contributed by atoms with van der Waals surface area (Å²) in [5.41, 5.74) is 7.43. The van der Waals surface area contributed by atoms with Crippen LogP contribution in [0.5, 0.6) is 0 Å². The molecule has 18 heavy (non-hydrogen) atoms. The van der Waals surface area contributed by atoms with Crippen molar-refractivity contribution in [3.05, 3.63) is 30.3 Å². The first kappa shape index (κ1) is 17.9. The normalized spacial score (nSPS) is 17.6. The molecule has 0 amide bonds. The molecule has 0 aromatic heterocycles. The van der Waals surface area contributed by atoms with Crippen LogP contribution < -0.4 is 10.6 Å². The van der Waals surface area contributed by atoms with Gasteiger partial charge in [0.2, 0.25) is 0 Å². The highest BCUT2D eigenvalue weighted by Gasteiger charge is 2.30. The highest BCUT2D eigenvalue weighted by atomic mass is 79.9. The number of para-hydroxylation sites is 1. The molecule has 1 heterocycles. The molecule has 0 aliphatic carbocycles. The molecule has 104 valence electrons. The summed E-state index contributed by atoms with van der Waals surface area (Å²) in [4.78, 5) is 2.39. The van der Waals surface area contributed by atoms with Gasteiger partial charge in [-0.3, -0.25) is 0 Å². The molecule has 0 spiro atoms. The van der Waals surface area contributed by atoms with Crippen molar-refractivity contribution in [1.29, 1.82) is 0 Å². The van der Waals surface area contributed by atoms with E-state index in [0.717, 1.165) is 25.9 Å². The molecule has 0 radical (unpaired) electrons. The minimum Gasteiger partial charge on any atom is -0.383 e. The van der Waals surface area contributed by atoms with Crippen molar-refractivity contribution in [1.82, 2.24) is 0 Å². The lowest BCUT2D eigenvalue weighted by Gasteiger charge is -2.39. The average molecular weight is 382 g/mol. The van der Waals surface area contributed by atoms with Crippen molar-refractivity contribution < 1.29 is 4.74 Å². The second kappa shape index (κ2) is 8.15. The highest BCUT2D eigenvalue weighted by molar-refractivity contribution is 8.93. The molecule has 1 aromatic rings. The van der Waals surface area contributed by atoms with E-state index >= 15 is 0 Å². The smallest absolute Gasteiger partial charge is 0.0643 e. The Morgan fingerprint density at radius 2 is 1.72 bits per heavy atom. The van der Waals surface area contributed by atoms with Gasteiger partial charge in [0.15, 0.2) is 0 Å². The molecule has 5 heteroatoms. The zero-order valence-corrected chi connectivity index (χ0v) is 14.1. The van der Waals surface area contributed by atoms with Gasteiger partial charge in [-0.05, 0) is 25.0 Å². The zero-order chi connectivity index (χ0) is 11.4. The lowest BCUT2D eigenvalue weighted by atomic mass is 9.89. The first-order chi connectivity index (χ1) is 7.73. The van der Waals surface area contributed by atoms with E-state index in [2.05, 4.69) is 29.2 Å². The Hall–Kier alpha value is -0.100. The van der Waals surface area contributed by atoms with Crippen LogP contribution in [-0.2, 0) is 4.74 Å². The van der Waals surface area contributed by atoms with Crippen molar-refractivity contribution >= 4 is 39.7 Å². The van der Waals surface area contributed by atoms with Gasteiger partial charge in [0.05, 0.1) is 6.61 Å². The number of methoxy groups -OCH3 is 1. The number of ether oxygens (including phenoxy) is 1. The Labute approximate surface area is 130 Å². The quantitative estimate of drug-likeness (QED) is 0.874. The summed E-state index contributed by atoms with van der Waals surface area (Å²) >= 11 is 0. The lowest BCUT2D eigenvalue weighted by Crippen LogP contribution is -2.53. The first-order valence-corrected chi connectivity index (χ1v) is 5.81. The van der Waals surface area contributed by atoms with Gasteiger partial charge in [0, 0.05) is 31.4 Å². The van der Waals surface area contributed by atoms with Crippen LogP contribution in [0.1, 0.15) is 12.8 Å². The fraction of sp³-hybridized carbons (Fsp3) is 0.538. The van der Waals surface area contributed by atoms with Gasteiger partial charge in [-0.2, -0.15) is 0 Å². The highest BCUT2D eigenvalue weighted by Crippen LogP contribution is 2.24. The maximum absolute atomic E-state index is 6.26. The molecular weight excluding hydrogens is 360 g/mol. The van der Waals surface area contributed by atoms with Crippen LogP contribution in [0.25, 0.3) is 0 Å². The molecular formula is C13H22Br2N2O. The third kappa shape index (κ3) is 4.53. The first-order valence-electron chi connectivity index (χ1n) is 5.81. The van der Waals surface area contributed by atoms with Gasteiger partial charge < -0.3 is 15.4 Å². The largest absolute Gasteiger partial charge is 0.383 e. The van der Waals surface area contributed by atoms with Crippen molar-refractivity contribution in [2.75, 3.05) is 31.7 Å². The van der Waals surface area contributed by atoms with Crippen LogP contribution in [0.2, 0.25) is 0 Å². The number of nitrogens with zero attached hydrogens (tertiary/aromatic N) is 1. The summed E-state index contributed by atoms with van der Waals surface area (Å²) in [5.74, 6) is 0. The van der Waals surface area contributed by atoms with E-state index in [1.54, 1.807) is 7.11 Å². The van der Waals surface area contributed by atoms with E-state index in [1.807, 2.05) is 6.07 Å². The lowest BCUT2D eigenvalue weighted by molar-refractivity contribution is 0.116. The second-order valence-electron chi connectivity index (χ2n) is 4.62. The third-order valence-corrected chi connectivity index (χ3v) is 3.31. The Balaban J connectivity index is 0.00000144. The standard InChI is InChI=1S/C13H20N2O.2BrH/c1-16-11-13(14)7-9-15(10-8-13)12-5-3-2-4-6-12;;/h2-6H,7-11,14H2,1H3;2*1H. The summed E-state index contributed by atoms with van der Waals surface area (Å²) in [6.07, 6.45) is 1.99. The Bertz CT molecular complexity index is 327. The minimum absolute atomic E-state index is 0. The second-order valence-corrected chi connectivity index (χ2v) is 4.62. The van der Waals surface area contributed by atoms with Crippen molar-refractivity contribution in [3.8, 4) is 0 Å². The number of hydrogen-bond acceptors (Lipinski definition) is 3. The molecule has 0 unspecified atom stereocenters. The summed E-state index contributed by atoms with van der Waals surface area (Å²) < 4.78 is 5.18. The van der Waals surface area contributed by atoms with Gasteiger partial charge in [-0.15, -0.1) is 34.0 Å². The summed E-state index contributed by atoms with van der Waals surface area (Å²) in [7, 11) is 1.72. The molecule has 1 aromatic carbocycles. The van der Waals surface area contributed by atoms with Gasteiger partial charge in [-0.1, -0.05) is 18.2 Å². The molecule has 0 bridgehead atoms. The van der Waals surface area contributed by atoms with Crippen LogP contribution in [0.4, 0.5) is 5.69 Å². The van der Waals surface area contributed by atoms with Crippen molar-refractivity contribution in [3.63, 3.8) is 0 Å². The summed E-state index contributed by atoms with van der Waals surface area (Å²) in [6, 6.07) is 10.5. The number of piperidine rings is 1. The van der Waals surface area contributed by atoms with Crippen molar-refractivity contribution in [2.24, 2.45) is 5.73 Å². The molecule has 2 rings (SSSR count). The van der Waals surface area contributed by atoms with Gasteiger partial charge >= 0.3 is 0 Å². The van der Waals surface area contributed by atoms with Crippen LogP contribution >= 0.6 is 34.0 Å². The number of hydrogen-bond donors (Lipinski definition) is 1. The Morgan fingerprint density at radius 1 is 1.17 bits per heavy atom. The minimum atomic E-state index is -0.125. The average Bonchev–Trinajstić information content (AvgIpc) is 2.31. The molecule has 1 aliphatic rings. The third-order valence-electron chi connectivity index (χ3n) is 3.31. The van der Waals surface area contributed by atoms with E-state index in [9.17, 15) is 0 Å². The summed E-state index contributed by atoms with van der Waals surface area (Å²) in [5, 5.41) is 0. The Kier molecular flexibility index (Phi) is 8.10. The molecule has 2 N–H and O–H groups in total. The van der Waals surface area contributed by atoms with Gasteiger partial charge in [0.1, 0.15) is 0 Å². The topological polar surface area (TPSA) is 38.5 Å². The number of rotatable bonds is 3. The van der Waals surface area contributed by atoms with Crippen LogP contribution in [0.15, 0.2) is 30.3 Å². The molecule has 0 saturated carbocycles. The van der Waals surface area contributed by atoms with E-state index in [-0.39, 0.29) is 39.5 Å². The van der Waals surface area contributed by atoms with Crippen LogP contribution in [-0.4, -0.2) is 32.3 Å². The predicted molar refractivity (Wildman–Crippen MR) is 87.3 cm³/mol.